The predicted molar refractivity (Wildman–Crippen MR) is 106 cm³/mol. The number of carbonyl (C=O) groups excluding carboxylic acids is 2. The molecule has 0 bridgehead atoms. The second-order valence-corrected chi connectivity index (χ2v) is 6.85. The van der Waals surface area contributed by atoms with Gasteiger partial charge in [0.25, 0.3) is 11.8 Å². The first-order chi connectivity index (χ1) is 13.0. The SMILES string of the molecule is CN(C)CCN1C(=O)c2cccc3c(NCCNCCO)ccc(c23)C1=O. The third-order valence-electron chi connectivity index (χ3n) is 4.67. The van der Waals surface area contributed by atoms with E-state index in [1.165, 1.54) is 4.90 Å². The molecule has 1 aliphatic rings. The lowest BCUT2D eigenvalue weighted by Gasteiger charge is -2.28. The molecule has 0 saturated heterocycles. The molecule has 7 heteroatoms. The second kappa shape index (κ2) is 8.47. The van der Waals surface area contributed by atoms with Gasteiger partial charge in [0, 0.05) is 60.3 Å². The lowest BCUT2D eigenvalue weighted by molar-refractivity contribution is 0.0601. The molecule has 2 aromatic rings. The number of hydrogen-bond donors (Lipinski definition) is 3. The van der Waals surface area contributed by atoms with Crippen molar-refractivity contribution in [2.24, 2.45) is 0 Å². The van der Waals surface area contributed by atoms with Crippen molar-refractivity contribution in [3.8, 4) is 0 Å². The van der Waals surface area contributed by atoms with Crippen molar-refractivity contribution in [2.45, 2.75) is 0 Å². The highest BCUT2D eigenvalue weighted by atomic mass is 16.3. The van der Waals surface area contributed by atoms with Crippen molar-refractivity contribution in [1.29, 1.82) is 0 Å². The van der Waals surface area contributed by atoms with E-state index < -0.39 is 0 Å². The van der Waals surface area contributed by atoms with Gasteiger partial charge in [-0.25, -0.2) is 0 Å². The standard InChI is InChI=1S/C20H26N4O3/c1-23(2)11-12-24-19(26)15-5-3-4-14-17(22-9-8-21-10-13-25)7-6-16(18(14)15)20(24)27/h3-7,21-22,25H,8-13H2,1-2H3. The number of aliphatic hydroxyl groups is 1. The summed E-state index contributed by atoms with van der Waals surface area (Å²) in [4.78, 5) is 29.1. The highest BCUT2D eigenvalue weighted by Gasteiger charge is 2.32. The molecule has 0 aromatic heterocycles. The molecular weight excluding hydrogens is 344 g/mol. The number of amides is 2. The molecule has 0 unspecified atom stereocenters. The molecule has 0 fully saturated rings. The summed E-state index contributed by atoms with van der Waals surface area (Å²) < 4.78 is 0. The van der Waals surface area contributed by atoms with Gasteiger partial charge in [0.2, 0.25) is 0 Å². The number of aliphatic hydroxyl groups excluding tert-OH is 1. The predicted octanol–water partition coefficient (Wildman–Crippen LogP) is 0.991. The van der Waals surface area contributed by atoms with Gasteiger partial charge < -0.3 is 20.6 Å². The van der Waals surface area contributed by atoms with E-state index in [1.807, 2.05) is 37.2 Å². The van der Waals surface area contributed by atoms with Crippen molar-refractivity contribution in [2.75, 3.05) is 58.7 Å². The Labute approximate surface area is 158 Å². The minimum absolute atomic E-state index is 0.107. The fraction of sp³-hybridized carbons (Fsp3) is 0.400. The van der Waals surface area contributed by atoms with Crippen LogP contribution in [0.3, 0.4) is 0 Å². The first-order valence-electron chi connectivity index (χ1n) is 9.16. The van der Waals surface area contributed by atoms with Crippen LogP contribution in [0.1, 0.15) is 20.7 Å². The number of anilines is 1. The molecule has 0 radical (unpaired) electrons. The Balaban J connectivity index is 1.90. The van der Waals surface area contributed by atoms with Crippen LogP contribution in [-0.2, 0) is 0 Å². The molecule has 0 aliphatic carbocycles. The molecule has 0 saturated carbocycles. The Morgan fingerprint density at radius 3 is 2.44 bits per heavy atom. The molecule has 1 aliphatic heterocycles. The van der Waals surface area contributed by atoms with E-state index in [-0.39, 0.29) is 18.4 Å². The number of nitrogens with zero attached hydrogens (tertiary/aromatic N) is 2. The number of imide groups is 1. The maximum Gasteiger partial charge on any atom is 0.261 e. The largest absolute Gasteiger partial charge is 0.395 e. The van der Waals surface area contributed by atoms with Crippen LogP contribution in [0.2, 0.25) is 0 Å². The maximum absolute atomic E-state index is 12.9. The highest BCUT2D eigenvalue weighted by molar-refractivity contribution is 6.26. The maximum atomic E-state index is 12.9. The minimum Gasteiger partial charge on any atom is -0.395 e. The van der Waals surface area contributed by atoms with E-state index >= 15 is 0 Å². The molecule has 3 N–H and O–H groups in total. The third-order valence-corrected chi connectivity index (χ3v) is 4.67. The molecule has 3 rings (SSSR count). The van der Waals surface area contributed by atoms with Gasteiger partial charge in [-0.1, -0.05) is 12.1 Å². The monoisotopic (exact) mass is 370 g/mol. The van der Waals surface area contributed by atoms with Gasteiger partial charge in [-0.15, -0.1) is 0 Å². The quantitative estimate of drug-likeness (QED) is 0.451. The Morgan fingerprint density at radius 1 is 1.00 bits per heavy atom. The van der Waals surface area contributed by atoms with E-state index in [0.717, 1.165) is 16.5 Å². The van der Waals surface area contributed by atoms with Crippen LogP contribution >= 0.6 is 0 Å². The molecule has 27 heavy (non-hydrogen) atoms. The first kappa shape index (κ1) is 19.3. The zero-order valence-electron chi connectivity index (χ0n) is 15.8. The van der Waals surface area contributed by atoms with Crippen molar-refractivity contribution in [3.05, 3.63) is 41.5 Å². The number of likely N-dealkylation sites (N-methyl/N-ethyl adjacent to an activating group) is 1. The molecule has 2 amide bonds. The van der Waals surface area contributed by atoms with Crippen LogP contribution in [0.5, 0.6) is 0 Å². The van der Waals surface area contributed by atoms with E-state index in [9.17, 15) is 9.59 Å². The summed E-state index contributed by atoms with van der Waals surface area (Å²) >= 11 is 0. The Morgan fingerprint density at radius 2 is 1.74 bits per heavy atom. The van der Waals surface area contributed by atoms with E-state index in [0.29, 0.717) is 43.9 Å². The second-order valence-electron chi connectivity index (χ2n) is 6.85. The average Bonchev–Trinajstić information content (AvgIpc) is 2.66. The molecule has 144 valence electrons. The fourth-order valence-corrected chi connectivity index (χ4v) is 3.29. The summed E-state index contributed by atoms with van der Waals surface area (Å²) in [5, 5.41) is 16.9. The summed E-state index contributed by atoms with van der Waals surface area (Å²) in [7, 11) is 3.84. The van der Waals surface area contributed by atoms with Gasteiger partial charge in [0.1, 0.15) is 0 Å². The molecule has 1 heterocycles. The van der Waals surface area contributed by atoms with Gasteiger partial charge in [-0.05, 0) is 32.3 Å². The molecule has 7 nitrogen and oxygen atoms in total. The lowest BCUT2D eigenvalue weighted by Crippen LogP contribution is -2.43. The highest BCUT2D eigenvalue weighted by Crippen LogP contribution is 2.34. The number of rotatable bonds is 9. The average molecular weight is 370 g/mol. The van der Waals surface area contributed by atoms with Gasteiger partial charge in [0.05, 0.1) is 6.61 Å². The summed E-state index contributed by atoms with van der Waals surface area (Å²) in [5.74, 6) is -0.469. The zero-order valence-corrected chi connectivity index (χ0v) is 15.8. The van der Waals surface area contributed by atoms with Gasteiger partial charge in [0.15, 0.2) is 0 Å². The first-order valence-corrected chi connectivity index (χ1v) is 9.16. The van der Waals surface area contributed by atoms with Gasteiger partial charge in [-0.2, -0.15) is 0 Å². The zero-order chi connectivity index (χ0) is 19.4. The summed E-state index contributed by atoms with van der Waals surface area (Å²) in [6, 6.07) is 9.27. The molecule has 2 aromatic carbocycles. The summed E-state index contributed by atoms with van der Waals surface area (Å²) in [5.41, 5.74) is 2.04. The topological polar surface area (TPSA) is 84.9 Å². The Bertz CT molecular complexity index is 828. The van der Waals surface area contributed by atoms with Crippen molar-refractivity contribution in [3.63, 3.8) is 0 Å². The van der Waals surface area contributed by atoms with Crippen molar-refractivity contribution >= 4 is 28.3 Å². The van der Waals surface area contributed by atoms with Gasteiger partial charge in [-0.3, -0.25) is 14.5 Å². The Kier molecular flexibility index (Phi) is 6.05. The van der Waals surface area contributed by atoms with Crippen LogP contribution in [-0.4, -0.2) is 80.1 Å². The fourth-order valence-electron chi connectivity index (χ4n) is 3.29. The van der Waals surface area contributed by atoms with E-state index in [2.05, 4.69) is 10.6 Å². The number of carbonyl (C=O) groups is 2. The van der Waals surface area contributed by atoms with Crippen LogP contribution < -0.4 is 10.6 Å². The van der Waals surface area contributed by atoms with Gasteiger partial charge >= 0.3 is 0 Å². The summed E-state index contributed by atoms with van der Waals surface area (Å²) in [6.45, 7) is 3.04. The number of nitrogens with one attached hydrogen (secondary N) is 2. The molecular formula is C20H26N4O3. The van der Waals surface area contributed by atoms with Crippen LogP contribution in [0, 0.1) is 0 Å². The molecule has 0 spiro atoms. The molecule has 0 atom stereocenters. The lowest BCUT2D eigenvalue weighted by atomic mass is 9.93. The van der Waals surface area contributed by atoms with Crippen LogP contribution in [0.25, 0.3) is 10.8 Å². The minimum atomic E-state index is -0.235. The van der Waals surface area contributed by atoms with Crippen LogP contribution in [0.4, 0.5) is 5.69 Å². The number of benzene rings is 2. The van der Waals surface area contributed by atoms with Crippen molar-refractivity contribution in [1.82, 2.24) is 15.1 Å². The Hall–Kier alpha value is -2.48. The smallest absolute Gasteiger partial charge is 0.261 e. The third kappa shape index (κ3) is 3.95. The summed E-state index contributed by atoms with van der Waals surface area (Å²) in [6.07, 6.45) is 0. The van der Waals surface area contributed by atoms with Crippen molar-refractivity contribution < 1.29 is 14.7 Å². The van der Waals surface area contributed by atoms with E-state index in [1.54, 1.807) is 12.1 Å². The van der Waals surface area contributed by atoms with E-state index in [4.69, 9.17) is 5.11 Å². The van der Waals surface area contributed by atoms with Crippen LogP contribution in [0.15, 0.2) is 30.3 Å². The number of hydrogen-bond acceptors (Lipinski definition) is 6. The normalized spacial score (nSPS) is 13.7.